The number of likely N-dealkylation sites (tertiary alicyclic amines) is 2. The summed E-state index contributed by atoms with van der Waals surface area (Å²) in [5.74, 6) is -0.573. The van der Waals surface area contributed by atoms with Gasteiger partial charge in [-0.3, -0.25) is 0 Å². The summed E-state index contributed by atoms with van der Waals surface area (Å²) in [6.07, 6.45) is 1.44. The zero-order chi connectivity index (χ0) is 32.8. The van der Waals surface area contributed by atoms with Gasteiger partial charge in [-0.15, -0.1) is 0 Å². The zero-order valence-corrected chi connectivity index (χ0v) is 28.5. The number of likely N-dealkylation sites (N-methyl/N-ethyl adjacent to an activating group) is 1. The van der Waals surface area contributed by atoms with Crippen molar-refractivity contribution in [2.24, 2.45) is 5.92 Å². The summed E-state index contributed by atoms with van der Waals surface area (Å²) in [4.78, 5) is 76.0. The summed E-state index contributed by atoms with van der Waals surface area (Å²) in [6.45, 7) is 5.49. The van der Waals surface area contributed by atoms with Crippen molar-refractivity contribution in [3.8, 4) is 5.75 Å². The van der Waals surface area contributed by atoms with E-state index in [0.717, 1.165) is 25.9 Å². The average Bonchev–Trinajstić information content (AvgIpc) is 3.45. The van der Waals surface area contributed by atoms with Crippen LogP contribution in [0.5, 0.6) is 5.75 Å². The molecule has 0 radical (unpaired) electrons. The number of nitrogens with zero attached hydrogens (tertiary/aromatic N) is 5. The Morgan fingerprint density at radius 3 is 2.52 bits per heavy atom. The number of ether oxygens (including phenoxy) is 2. The summed E-state index contributed by atoms with van der Waals surface area (Å²) >= 11 is -1.70. The van der Waals surface area contributed by atoms with E-state index in [1.807, 2.05) is 17.0 Å². The van der Waals surface area contributed by atoms with Crippen molar-refractivity contribution in [3.63, 3.8) is 0 Å². The number of hydrogen-bond donors (Lipinski definition) is 1. The minimum atomic E-state index is -1.70. The van der Waals surface area contributed by atoms with Crippen molar-refractivity contribution < 1.29 is 38.6 Å². The minimum absolute atomic E-state index is 0.0383. The van der Waals surface area contributed by atoms with Crippen LogP contribution in [-0.4, -0.2) is 146 Å². The van der Waals surface area contributed by atoms with Gasteiger partial charge in [0.25, 0.3) is 0 Å². The molecule has 248 valence electrons. The van der Waals surface area contributed by atoms with E-state index in [9.17, 15) is 29.1 Å². The number of carbonyl (C=O) groups excluding carboxylic acids is 4. The van der Waals surface area contributed by atoms with E-state index in [4.69, 9.17) is 9.47 Å². The third-order valence-corrected chi connectivity index (χ3v) is 11.9. The number of carboxylic acid groups (broad SMARTS) is 1. The van der Waals surface area contributed by atoms with Crippen LogP contribution in [0.15, 0.2) is 30.3 Å². The first kappa shape index (κ1) is 33.7. The summed E-state index contributed by atoms with van der Waals surface area (Å²) in [7, 11) is 2.08. The molecule has 3 fully saturated rings. The van der Waals surface area contributed by atoms with Gasteiger partial charge in [0.15, 0.2) is 0 Å². The van der Waals surface area contributed by atoms with Crippen LogP contribution in [0.4, 0.5) is 4.79 Å². The van der Waals surface area contributed by atoms with Gasteiger partial charge in [0.1, 0.15) is 0 Å². The molecule has 3 aliphatic rings. The van der Waals surface area contributed by atoms with E-state index in [1.165, 1.54) is 4.90 Å². The summed E-state index contributed by atoms with van der Waals surface area (Å²) in [5, 5.41) is 10.0. The molecule has 2 aromatic rings. The van der Waals surface area contributed by atoms with Gasteiger partial charge >= 0.3 is 275 Å². The van der Waals surface area contributed by atoms with Crippen molar-refractivity contribution in [1.29, 1.82) is 0 Å². The fourth-order valence-corrected chi connectivity index (χ4v) is 9.10. The first-order valence-electron chi connectivity index (χ1n) is 15.9. The van der Waals surface area contributed by atoms with Gasteiger partial charge in [-0.25, -0.2) is 0 Å². The Balaban J connectivity index is 1.29. The Kier molecular flexibility index (Phi) is 11.2. The predicted octanol–water partition coefficient (Wildman–Crippen LogP) is 1.70. The molecule has 5 rings (SSSR count). The molecule has 1 aromatic carbocycles. The molecule has 0 bridgehead atoms. The van der Waals surface area contributed by atoms with E-state index in [2.05, 4.69) is 16.9 Å². The predicted molar refractivity (Wildman–Crippen MR) is 170 cm³/mol. The van der Waals surface area contributed by atoms with Crippen molar-refractivity contribution in [1.82, 2.24) is 24.6 Å². The van der Waals surface area contributed by atoms with Crippen LogP contribution in [0.25, 0.3) is 10.9 Å². The van der Waals surface area contributed by atoms with E-state index in [1.54, 1.807) is 30.0 Å². The van der Waals surface area contributed by atoms with Gasteiger partial charge in [-0.2, -0.15) is 0 Å². The summed E-state index contributed by atoms with van der Waals surface area (Å²) in [5.41, 5.74) is 0.665. The summed E-state index contributed by atoms with van der Waals surface area (Å²) in [6, 6.07) is 8.94. The third-order valence-electron chi connectivity index (χ3n) is 8.91. The Morgan fingerprint density at radius 2 is 1.78 bits per heavy atom. The quantitative estimate of drug-likeness (QED) is 0.344. The van der Waals surface area contributed by atoms with Crippen molar-refractivity contribution in [2.45, 2.75) is 43.4 Å². The van der Waals surface area contributed by atoms with E-state index in [0.29, 0.717) is 42.2 Å². The van der Waals surface area contributed by atoms with Crippen LogP contribution < -0.4 is 4.74 Å². The molecule has 4 unspecified atom stereocenters. The van der Waals surface area contributed by atoms with E-state index in [-0.39, 0.29) is 67.3 Å². The molecule has 0 spiro atoms. The molecule has 13 nitrogen and oxygen atoms in total. The number of piperidine rings is 1. The number of aliphatic carboxylic acids is 1. The molecule has 0 saturated carbocycles. The number of rotatable bonds is 11. The maximum absolute atomic E-state index is 13.7. The van der Waals surface area contributed by atoms with Gasteiger partial charge in [0.05, 0.1) is 0 Å². The van der Waals surface area contributed by atoms with Gasteiger partial charge in [0.2, 0.25) is 0 Å². The Hall–Kier alpha value is -3.70. The molecule has 3 saturated heterocycles. The maximum atomic E-state index is 13.7. The number of carboxylic acids is 1. The molecule has 1 aromatic heterocycles. The van der Waals surface area contributed by atoms with E-state index < -0.39 is 32.5 Å². The monoisotopic (exact) mass is 699 g/mol. The molecule has 4 heterocycles. The van der Waals surface area contributed by atoms with Crippen LogP contribution in [0.2, 0.25) is 4.71 Å². The Bertz CT molecular complexity index is 1470. The van der Waals surface area contributed by atoms with Crippen LogP contribution >= 0.6 is 0 Å². The SMILES string of the molecule is CCOC(=O)N1CCN(C(=O)C(CCC(=O)O)[AsH]C(=O)c2cc(OCC(=O)N3CCCC4CN(C)CC43)c3ccccc3n2)CC1. The molecule has 1 N–H and O–H groups in total. The molecule has 14 heteroatoms. The normalized spacial score (nSPS) is 21.0. The first-order valence-corrected chi connectivity index (χ1v) is 18.1. The second-order valence-corrected chi connectivity index (χ2v) is 15.1. The molecular formula is C32H42AsN5O8. The number of benzene rings is 1. The second kappa shape index (κ2) is 15.3. The van der Waals surface area contributed by atoms with Crippen LogP contribution in [-0.2, 0) is 19.1 Å². The van der Waals surface area contributed by atoms with E-state index >= 15 is 0 Å². The van der Waals surface area contributed by atoms with Crippen LogP contribution in [0.3, 0.4) is 0 Å². The number of hydrogen-bond acceptors (Lipinski definition) is 9. The van der Waals surface area contributed by atoms with Crippen molar-refractivity contribution >= 4 is 55.1 Å². The van der Waals surface area contributed by atoms with Crippen LogP contribution in [0, 0.1) is 5.92 Å². The Labute approximate surface area is 274 Å². The number of aromatic nitrogens is 1. The molecule has 0 aliphatic carbocycles. The fraction of sp³-hybridized carbons (Fsp3) is 0.562. The van der Waals surface area contributed by atoms with Gasteiger partial charge in [-0.1, -0.05) is 0 Å². The second-order valence-electron chi connectivity index (χ2n) is 12.1. The third kappa shape index (κ3) is 7.98. The molecule has 46 heavy (non-hydrogen) atoms. The molecular weight excluding hydrogens is 657 g/mol. The fourth-order valence-electron chi connectivity index (χ4n) is 6.60. The first-order chi connectivity index (χ1) is 22.1. The molecule has 4 atom stereocenters. The average molecular weight is 700 g/mol. The number of piperazine rings is 1. The topological polar surface area (TPSA) is 150 Å². The Morgan fingerprint density at radius 1 is 1.04 bits per heavy atom. The number of amides is 3. The van der Waals surface area contributed by atoms with Gasteiger partial charge < -0.3 is 0 Å². The van der Waals surface area contributed by atoms with Gasteiger partial charge in [-0.05, 0) is 0 Å². The zero-order valence-electron chi connectivity index (χ0n) is 26.4. The van der Waals surface area contributed by atoms with Crippen LogP contribution in [0.1, 0.15) is 43.1 Å². The molecule has 3 amide bonds. The molecule has 3 aliphatic heterocycles. The van der Waals surface area contributed by atoms with Crippen molar-refractivity contribution in [3.05, 3.63) is 36.0 Å². The summed E-state index contributed by atoms with van der Waals surface area (Å²) < 4.78 is 10.1. The number of pyridine rings is 1. The number of carbonyl (C=O) groups is 5. The van der Waals surface area contributed by atoms with Crippen molar-refractivity contribution in [2.75, 3.05) is 66.1 Å². The number of para-hydroxylation sites is 1. The standard InChI is InChI=1S/C32H42AsN5O8/c1-3-45-32(44)37-15-13-36(14-16-37)31(43)23(10-11-29(40)41)33-30(42)25-17-27(22-8-4-5-9-24(22)34-25)46-20-28(39)38-12-6-7-21-18-35(2)19-26(21)38/h4-5,8-9,17,21,23,26,33H,3,6-7,10-16,18-20H2,1-2H3,(H,40,41). The number of fused-ring (bicyclic) bond motifs is 2. The van der Waals surface area contributed by atoms with Gasteiger partial charge in [0, 0.05) is 0 Å².